The van der Waals surface area contributed by atoms with E-state index in [2.05, 4.69) is 0 Å². The van der Waals surface area contributed by atoms with Crippen molar-refractivity contribution in [3.8, 4) is 0 Å². The van der Waals surface area contributed by atoms with Gasteiger partial charge in [-0.2, -0.15) is 0 Å². The Kier molecular flexibility index (Phi) is 2.76. The number of rotatable bonds is 2. The number of carboxylic acid groups (broad SMARTS) is 2. The van der Waals surface area contributed by atoms with Crippen molar-refractivity contribution in [3.63, 3.8) is 0 Å². The average Bonchev–Trinajstić information content (AvgIpc) is 2.18. The van der Waals surface area contributed by atoms with Crippen molar-refractivity contribution in [2.45, 2.75) is 13.8 Å². The highest BCUT2D eigenvalue weighted by Gasteiger charge is 2.25. The maximum Gasteiger partial charge on any atom is 0.338 e. The summed E-state index contributed by atoms with van der Waals surface area (Å²) >= 11 is 0. The van der Waals surface area contributed by atoms with Crippen LogP contribution in [0.25, 0.3) is 0 Å². The number of aromatic carboxylic acids is 2. The standard InChI is InChI=1S/C10H12N2O4/c1-3-5(9(13)14)6(10(15)16)8(12)4(2)7(3)11/h11-12H2,1-2H3,(H,13,14)(H,15,16). The van der Waals surface area contributed by atoms with Crippen LogP contribution in [-0.4, -0.2) is 22.2 Å². The van der Waals surface area contributed by atoms with E-state index < -0.39 is 17.5 Å². The fourth-order valence-electron chi connectivity index (χ4n) is 1.56. The molecule has 86 valence electrons. The third-order valence-electron chi connectivity index (χ3n) is 2.53. The Morgan fingerprint density at radius 1 is 0.875 bits per heavy atom. The second-order valence-electron chi connectivity index (χ2n) is 3.44. The molecule has 0 aliphatic heterocycles. The molecule has 6 heteroatoms. The van der Waals surface area contributed by atoms with Crippen LogP contribution in [0.1, 0.15) is 31.8 Å². The lowest BCUT2D eigenvalue weighted by Crippen LogP contribution is -2.16. The van der Waals surface area contributed by atoms with Gasteiger partial charge in [-0.1, -0.05) is 0 Å². The van der Waals surface area contributed by atoms with Gasteiger partial charge in [-0.3, -0.25) is 0 Å². The molecular weight excluding hydrogens is 212 g/mol. The maximum absolute atomic E-state index is 11.0. The Bertz CT molecular complexity index is 449. The van der Waals surface area contributed by atoms with Crippen LogP contribution >= 0.6 is 0 Å². The number of nitrogen functional groups attached to an aromatic ring is 2. The average molecular weight is 224 g/mol. The third kappa shape index (κ3) is 1.54. The molecule has 1 aromatic carbocycles. The van der Waals surface area contributed by atoms with Crippen LogP contribution in [0.15, 0.2) is 0 Å². The molecule has 0 bridgehead atoms. The second kappa shape index (κ2) is 3.73. The zero-order valence-corrected chi connectivity index (χ0v) is 8.87. The van der Waals surface area contributed by atoms with E-state index in [1.54, 1.807) is 6.92 Å². The molecule has 0 fully saturated rings. The van der Waals surface area contributed by atoms with Crippen LogP contribution in [0.5, 0.6) is 0 Å². The molecule has 0 radical (unpaired) electrons. The molecule has 16 heavy (non-hydrogen) atoms. The van der Waals surface area contributed by atoms with Gasteiger partial charge < -0.3 is 21.7 Å². The predicted octanol–water partition coefficient (Wildman–Crippen LogP) is 0.864. The summed E-state index contributed by atoms with van der Waals surface area (Å²) in [6.45, 7) is 3.01. The van der Waals surface area contributed by atoms with E-state index >= 15 is 0 Å². The van der Waals surface area contributed by atoms with Crippen molar-refractivity contribution < 1.29 is 19.8 Å². The van der Waals surface area contributed by atoms with Crippen LogP contribution in [0.4, 0.5) is 11.4 Å². The summed E-state index contributed by atoms with van der Waals surface area (Å²) in [6, 6.07) is 0. The molecule has 0 atom stereocenters. The second-order valence-corrected chi connectivity index (χ2v) is 3.44. The van der Waals surface area contributed by atoms with Gasteiger partial charge in [0.15, 0.2) is 0 Å². The number of anilines is 2. The number of hydrogen-bond donors (Lipinski definition) is 4. The van der Waals surface area contributed by atoms with Gasteiger partial charge in [0.25, 0.3) is 0 Å². The topological polar surface area (TPSA) is 127 Å². The third-order valence-corrected chi connectivity index (χ3v) is 2.53. The molecule has 0 saturated heterocycles. The molecule has 0 amide bonds. The van der Waals surface area contributed by atoms with Crippen molar-refractivity contribution in [1.82, 2.24) is 0 Å². The van der Waals surface area contributed by atoms with E-state index in [9.17, 15) is 9.59 Å². The zero-order chi connectivity index (χ0) is 12.6. The summed E-state index contributed by atoms with van der Waals surface area (Å²) in [4.78, 5) is 22.0. The van der Waals surface area contributed by atoms with Gasteiger partial charge in [0, 0.05) is 5.69 Å². The summed E-state index contributed by atoms with van der Waals surface area (Å²) in [5, 5.41) is 17.9. The monoisotopic (exact) mass is 224 g/mol. The Labute approximate surface area is 91.5 Å². The van der Waals surface area contributed by atoms with E-state index in [1.165, 1.54) is 6.92 Å². The quantitative estimate of drug-likeness (QED) is 0.552. The highest BCUT2D eigenvalue weighted by Crippen LogP contribution is 2.31. The van der Waals surface area contributed by atoms with Gasteiger partial charge >= 0.3 is 11.9 Å². The van der Waals surface area contributed by atoms with E-state index in [-0.39, 0.29) is 22.5 Å². The van der Waals surface area contributed by atoms with E-state index in [0.29, 0.717) is 5.56 Å². The van der Waals surface area contributed by atoms with Crippen molar-refractivity contribution >= 4 is 23.3 Å². The van der Waals surface area contributed by atoms with Gasteiger partial charge in [0.2, 0.25) is 0 Å². The minimum atomic E-state index is -1.37. The van der Waals surface area contributed by atoms with Gasteiger partial charge in [-0.25, -0.2) is 9.59 Å². The fraction of sp³-hybridized carbons (Fsp3) is 0.200. The minimum Gasteiger partial charge on any atom is -0.478 e. The first-order valence-corrected chi connectivity index (χ1v) is 4.43. The van der Waals surface area contributed by atoms with Crippen molar-refractivity contribution in [2.24, 2.45) is 0 Å². The maximum atomic E-state index is 11.0. The molecule has 0 aromatic heterocycles. The van der Waals surface area contributed by atoms with Crippen molar-refractivity contribution in [3.05, 3.63) is 22.3 Å². The largest absolute Gasteiger partial charge is 0.478 e. The number of carbonyl (C=O) groups is 2. The molecular formula is C10H12N2O4. The van der Waals surface area contributed by atoms with Crippen molar-refractivity contribution in [2.75, 3.05) is 11.5 Å². The first-order valence-electron chi connectivity index (χ1n) is 4.43. The molecule has 0 saturated carbocycles. The highest BCUT2D eigenvalue weighted by molar-refractivity contribution is 6.08. The zero-order valence-electron chi connectivity index (χ0n) is 8.87. The molecule has 1 rings (SSSR count). The lowest BCUT2D eigenvalue weighted by molar-refractivity contribution is 0.0651. The Morgan fingerprint density at radius 3 is 1.69 bits per heavy atom. The van der Waals surface area contributed by atoms with Crippen LogP contribution in [0.3, 0.4) is 0 Å². The van der Waals surface area contributed by atoms with Crippen molar-refractivity contribution in [1.29, 1.82) is 0 Å². The fourth-order valence-corrected chi connectivity index (χ4v) is 1.56. The SMILES string of the molecule is Cc1c(N)c(C)c(C(=O)O)c(C(=O)O)c1N. The summed E-state index contributed by atoms with van der Waals surface area (Å²) in [6.07, 6.45) is 0. The predicted molar refractivity (Wildman–Crippen MR) is 58.7 cm³/mol. The summed E-state index contributed by atoms with van der Waals surface area (Å²) in [5.74, 6) is -2.73. The number of hydrogen-bond acceptors (Lipinski definition) is 4. The summed E-state index contributed by atoms with van der Waals surface area (Å²) in [5.41, 5.74) is 11.2. The van der Waals surface area contributed by atoms with Crippen LogP contribution in [0.2, 0.25) is 0 Å². The molecule has 1 aromatic rings. The molecule has 0 aliphatic rings. The lowest BCUT2D eigenvalue weighted by atomic mass is 9.94. The van der Waals surface area contributed by atoms with Gasteiger partial charge in [0.1, 0.15) is 0 Å². The molecule has 6 N–H and O–H groups in total. The summed E-state index contributed by atoms with van der Waals surface area (Å²) in [7, 11) is 0. The summed E-state index contributed by atoms with van der Waals surface area (Å²) < 4.78 is 0. The van der Waals surface area contributed by atoms with E-state index in [0.717, 1.165) is 0 Å². The number of nitrogens with two attached hydrogens (primary N) is 2. The number of benzene rings is 1. The number of carboxylic acids is 2. The lowest BCUT2D eigenvalue weighted by Gasteiger charge is -2.14. The Morgan fingerprint density at radius 2 is 1.31 bits per heavy atom. The van der Waals surface area contributed by atoms with E-state index in [1.807, 2.05) is 0 Å². The molecule has 0 unspecified atom stereocenters. The minimum absolute atomic E-state index is 0.104. The molecule has 0 heterocycles. The van der Waals surface area contributed by atoms with E-state index in [4.69, 9.17) is 21.7 Å². The van der Waals surface area contributed by atoms with Crippen LogP contribution in [0, 0.1) is 13.8 Å². The van der Waals surface area contributed by atoms with Gasteiger partial charge in [-0.05, 0) is 25.0 Å². The first kappa shape index (κ1) is 11.8. The Hall–Kier alpha value is -2.24. The molecule has 0 aliphatic carbocycles. The van der Waals surface area contributed by atoms with Gasteiger partial charge in [0.05, 0.1) is 16.8 Å². The van der Waals surface area contributed by atoms with Gasteiger partial charge in [-0.15, -0.1) is 0 Å². The van der Waals surface area contributed by atoms with Crippen LogP contribution < -0.4 is 11.5 Å². The molecule has 6 nitrogen and oxygen atoms in total. The highest BCUT2D eigenvalue weighted by atomic mass is 16.4. The van der Waals surface area contributed by atoms with Crippen LogP contribution in [-0.2, 0) is 0 Å². The Balaban J connectivity index is 3.83. The first-order chi connectivity index (χ1) is 7.29. The normalized spacial score (nSPS) is 10.1. The molecule has 0 spiro atoms. The smallest absolute Gasteiger partial charge is 0.338 e.